The minimum absolute atomic E-state index is 0.0347. The first-order valence-corrected chi connectivity index (χ1v) is 6.04. The fraction of sp³-hybridized carbons (Fsp3) is 0.917. The van der Waals surface area contributed by atoms with Gasteiger partial charge in [0.15, 0.2) is 0 Å². The van der Waals surface area contributed by atoms with Crippen LogP contribution in [0.4, 0.5) is 0 Å². The maximum Gasteiger partial charge on any atom is 0.307 e. The Balaban J connectivity index is 2.28. The highest BCUT2D eigenvalue weighted by Gasteiger charge is 2.32. The Morgan fingerprint density at radius 3 is 2.60 bits per heavy atom. The maximum absolute atomic E-state index is 11.6. The van der Waals surface area contributed by atoms with Crippen LogP contribution in [0.25, 0.3) is 0 Å². The van der Waals surface area contributed by atoms with Gasteiger partial charge >= 0.3 is 5.97 Å². The molecule has 0 aliphatic heterocycles. The zero-order valence-electron chi connectivity index (χ0n) is 9.92. The van der Waals surface area contributed by atoms with Gasteiger partial charge in [-0.25, -0.2) is 0 Å². The molecule has 88 valence electrons. The van der Waals surface area contributed by atoms with Gasteiger partial charge < -0.3 is 10.5 Å². The lowest BCUT2D eigenvalue weighted by molar-refractivity contribution is -0.149. The molecule has 0 aromatic heterocycles. The SMILES string of the molecule is CCCC(C)OC(=O)CC1(N)CCCC1. The summed E-state index contributed by atoms with van der Waals surface area (Å²) in [5.41, 5.74) is 5.83. The van der Waals surface area contributed by atoms with E-state index in [9.17, 15) is 4.79 Å². The van der Waals surface area contributed by atoms with E-state index in [-0.39, 0.29) is 17.6 Å². The van der Waals surface area contributed by atoms with Crippen molar-refractivity contribution in [3.8, 4) is 0 Å². The molecule has 1 saturated carbocycles. The molecule has 1 aliphatic rings. The van der Waals surface area contributed by atoms with Crippen LogP contribution in [-0.4, -0.2) is 17.6 Å². The molecule has 0 radical (unpaired) electrons. The molecular formula is C12H23NO2. The van der Waals surface area contributed by atoms with Crippen molar-refractivity contribution >= 4 is 5.97 Å². The number of hydrogen-bond acceptors (Lipinski definition) is 3. The van der Waals surface area contributed by atoms with E-state index in [0.29, 0.717) is 6.42 Å². The summed E-state index contributed by atoms with van der Waals surface area (Å²) in [6.07, 6.45) is 6.62. The smallest absolute Gasteiger partial charge is 0.307 e. The zero-order chi connectivity index (χ0) is 11.3. The summed E-state index contributed by atoms with van der Waals surface area (Å²) in [6.45, 7) is 4.03. The largest absolute Gasteiger partial charge is 0.463 e. The van der Waals surface area contributed by atoms with Crippen molar-refractivity contribution in [3.05, 3.63) is 0 Å². The predicted molar refractivity (Wildman–Crippen MR) is 60.5 cm³/mol. The molecule has 0 amide bonds. The van der Waals surface area contributed by atoms with Gasteiger partial charge in [0.2, 0.25) is 0 Å². The van der Waals surface area contributed by atoms with Crippen LogP contribution in [0.1, 0.15) is 58.8 Å². The fourth-order valence-corrected chi connectivity index (χ4v) is 2.27. The summed E-state index contributed by atoms with van der Waals surface area (Å²) < 4.78 is 5.30. The summed E-state index contributed by atoms with van der Waals surface area (Å²) in [4.78, 5) is 11.6. The van der Waals surface area contributed by atoms with Crippen molar-refractivity contribution in [2.45, 2.75) is 70.4 Å². The molecule has 1 fully saturated rings. The van der Waals surface area contributed by atoms with Crippen LogP contribution in [0.3, 0.4) is 0 Å². The van der Waals surface area contributed by atoms with Crippen molar-refractivity contribution in [1.29, 1.82) is 0 Å². The summed E-state index contributed by atoms with van der Waals surface area (Å²) in [5.74, 6) is -0.125. The number of esters is 1. The highest BCUT2D eigenvalue weighted by Crippen LogP contribution is 2.30. The van der Waals surface area contributed by atoms with Gasteiger partial charge in [0, 0.05) is 5.54 Å². The molecule has 3 heteroatoms. The molecule has 0 aromatic carbocycles. The summed E-state index contributed by atoms with van der Waals surface area (Å²) >= 11 is 0. The van der Waals surface area contributed by atoms with E-state index in [4.69, 9.17) is 10.5 Å². The Kier molecular flexibility index (Phi) is 4.58. The number of carbonyl (C=O) groups is 1. The Morgan fingerprint density at radius 1 is 1.47 bits per heavy atom. The molecular weight excluding hydrogens is 190 g/mol. The van der Waals surface area contributed by atoms with Crippen LogP contribution in [0.5, 0.6) is 0 Å². The Labute approximate surface area is 92.4 Å². The van der Waals surface area contributed by atoms with Gasteiger partial charge in [0.05, 0.1) is 12.5 Å². The van der Waals surface area contributed by atoms with E-state index in [1.807, 2.05) is 6.92 Å². The quantitative estimate of drug-likeness (QED) is 0.713. The second kappa shape index (κ2) is 5.50. The number of nitrogens with two attached hydrogens (primary N) is 1. The standard InChI is InChI=1S/C12H23NO2/c1-3-6-10(2)15-11(14)9-12(13)7-4-5-8-12/h10H,3-9,13H2,1-2H3. The second-order valence-electron chi connectivity index (χ2n) is 4.84. The highest BCUT2D eigenvalue weighted by molar-refractivity contribution is 5.71. The molecule has 3 nitrogen and oxygen atoms in total. The van der Waals surface area contributed by atoms with Gasteiger partial charge in [0.25, 0.3) is 0 Å². The Bertz CT molecular complexity index is 210. The number of carbonyl (C=O) groups excluding carboxylic acids is 1. The second-order valence-corrected chi connectivity index (χ2v) is 4.84. The normalized spacial score (nSPS) is 21.3. The monoisotopic (exact) mass is 213 g/mol. The minimum Gasteiger partial charge on any atom is -0.463 e. The average Bonchev–Trinajstić information content (AvgIpc) is 2.51. The van der Waals surface area contributed by atoms with Gasteiger partial charge in [0.1, 0.15) is 0 Å². The van der Waals surface area contributed by atoms with Crippen molar-refractivity contribution in [2.24, 2.45) is 5.73 Å². The van der Waals surface area contributed by atoms with E-state index in [2.05, 4.69) is 6.92 Å². The van der Waals surface area contributed by atoms with E-state index in [0.717, 1.165) is 38.5 Å². The van der Waals surface area contributed by atoms with E-state index in [1.54, 1.807) is 0 Å². The van der Waals surface area contributed by atoms with Crippen LogP contribution >= 0.6 is 0 Å². The highest BCUT2D eigenvalue weighted by atomic mass is 16.5. The summed E-state index contributed by atoms with van der Waals surface area (Å²) in [7, 11) is 0. The van der Waals surface area contributed by atoms with Crippen LogP contribution in [0.15, 0.2) is 0 Å². The van der Waals surface area contributed by atoms with Gasteiger partial charge in [-0.2, -0.15) is 0 Å². The molecule has 0 spiro atoms. The average molecular weight is 213 g/mol. The number of hydrogen-bond donors (Lipinski definition) is 1. The van der Waals surface area contributed by atoms with Crippen LogP contribution in [-0.2, 0) is 9.53 Å². The lowest BCUT2D eigenvalue weighted by Crippen LogP contribution is -2.39. The third-order valence-corrected chi connectivity index (χ3v) is 3.12. The minimum atomic E-state index is -0.275. The Morgan fingerprint density at radius 2 is 2.07 bits per heavy atom. The molecule has 1 rings (SSSR count). The molecule has 1 aliphatic carbocycles. The van der Waals surface area contributed by atoms with E-state index >= 15 is 0 Å². The Hall–Kier alpha value is -0.570. The van der Waals surface area contributed by atoms with E-state index < -0.39 is 0 Å². The van der Waals surface area contributed by atoms with Crippen LogP contribution < -0.4 is 5.73 Å². The van der Waals surface area contributed by atoms with Crippen molar-refractivity contribution in [1.82, 2.24) is 0 Å². The number of ether oxygens (including phenoxy) is 1. The molecule has 1 unspecified atom stereocenters. The van der Waals surface area contributed by atoms with Crippen molar-refractivity contribution in [2.75, 3.05) is 0 Å². The van der Waals surface area contributed by atoms with Gasteiger partial charge in [-0.15, -0.1) is 0 Å². The van der Waals surface area contributed by atoms with E-state index in [1.165, 1.54) is 0 Å². The third-order valence-electron chi connectivity index (χ3n) is 3.12. The fourth-order valence-electron chi connectivity index (χ4n) is 2.27. The molecule has 0 saturated heterocycles. The van der Waals surface area contributed by atoms with Crippen molar-refractivity contribution < 1.29 is 9.53 Å². The van der Waals surface area contributed by atoms with Gasteiger partial charge in [-0.3, -0.25) is 4.79 Å². The number of rotatable bonds is 5. The molecule has 2 N–H and O–H groups in total. The lowest BCUT2D eigenvalue weighted by Gasteiger charge is -2.23. The predicted octanol–water partition coefficient (Wildman–Crippen LogP) is 2.38. The van der Waals surface area contributed by atoms with Crippen LogP contribution in [0, 0.1) is 0 Å². The summed E-state index contributed by atoms with van der Waals surface area (Å²) in [6, 6.07) is 0. The maximum atomic E-state index is 11.6. The molecule has 0 aromatic rings. The molecule has 15 heavy (non-hydrogen) atoms. The van der Waals surface area contributed by atoms with Crippen molar-refractivity contribution in [3.63, 3.8) is 0 Å². The zero-order valence-corrected chi connectivity index (χ0v) is 9.92. The molecule has 0 bridgehead atoms. The topological polar surface area (TPSA) is 52.3 Å². The van der Waals surface area contributed by atoms with Gasteiger partial charge in [-0.1, -0.05) is 26.2 Å². The molecule has 0 heterocycles. The van der Waals surface area contributed by atoms with Gasteiger partial charge in [-0.05, 0) is 26.2 Å². The first kappa shape index (κ1) is 12.5. The molecule has 1 atom stereocenters. The first-order valence-electron chi connectivity index (χ1n) is 6.04. The van der Waals surface area contributed by atoms with Crippen LogP contribution in [0.2, 0.25) is 0 Å². The first-order chi connectivity index (χ1) is 7.06. The lowest BCUT2D eigenvalue weighted by atomic mass is 9.95. The summed E-state index contributed by atoms with van der Waals surface area (Å²) in [5, 5.41) is 0. The third kappa shape index (κ3) is 4.20.